The van der Waals surface area contributed by atoms with Gasteiger partial charge in [-0.05, 0) is 30.8 Å². The first kappa shape index (κ1) is 18.3. The van der Waals surface area contributed by atoms with Gasteiger partial charge >= 0.3 is 0 Å². The SMILES string of the molecule is CCCSc1nc2c(nnn2CCNC(=S)Nc2cccnc2)c(=O)[nH]1. The lowest BCUT2D eigenvalue weighted by Gasteiger charge is -2.10. The molecule has 26 heavy (non-hydrogen) atoms. The van der Waals surface area contributed by atoms with Crippen molar-refractivity contribution in [1.82, 2.24) is 35.3 Å². The molecule has 3 rings (SSSR count). The maximum Gasteiger partial charge on any atom is 0.281 e. The number of nitrogens with zero attached hydrogens (tertiary/aromatic N) is 5. The Balaban J connectivity index is 1.62. The summed E-state index contributed by atoms with van der Waals surface area (Å²) < 4.78 is 1.60. The number of hydrogen-bond acceptors (Lipinski definition) is 7. The summed E-state index contributed by atoms with van der Waals surface area (Å²) in [6.45, 7) is 3.06. The molecule has 0 aliphatic rings. The second kappa shape index (κ2) is 8.72. The molecule has 11 heteroatoms. The van der Waals surface area contributed by atoms with Crippen molar-refractivity contribution < 1.29 is 0 Å². The molecule has 3 N–H and O–H groups in total. The second-order valence-corrected chi connectivity index (χ2v) is 6.82. The molecule has 0 saturated heterocycles. The van der Waals surface area contributed by atoms with Crippen LogP contribution in [0.2, 0.25) is 0 Å². The fourth-order valence-corrected chi connectivity index (χ4v) is 3.08. The Hall–Kier alpha value is -2.53. The summed E-state index contributed by atoms with van der Waals surface area (Å²) in [5.41, 5.74) is 1.24. The quantitative estimate of drug-likeness (QED) is 0.313. The molecule has 0 saturated carbocycles. The zero-order valence-electron chi connectivity index (χ0n) is 14.1. The predicted molar refractivity (Wildman–Crippen MR) is 105 cm³/mol. The molecule has 0 radical (unpaired) electrons. The Labute approximate surface area is 159 Å². The van der Waals surface area contributed by atoms with Crippen LogP contribution < -0.4 is 16.2 Å². The standard InChI is InChI=1S/C15H18N8OS2/c1-2-8-26-15-19-12-11(13(24)20-15)21-22-23(12)7-6-17-14(25)18-10-4-3-5-16-9-10/h3-5,9H,2,6-8H2,1H3,(H2,17,18,25)(H,19,20,24). The second-order valence-electron chi connectivity index (χ2n) is 5.33. The van der Waals surface area contributed by atoms with E-state index >= 15 is 0 Å². The highest BCUT2D eigenvalue weighted by molar-refractivity contribution is 7.99. The van der Waals surface area contributed by atoms with Gasteiger partial charge in [0, 0.05) is 18.5 Å². The number of pyridine rings is 1. The maximum absolute atomic E-state index is 12.1. The molecule has 136 valence electrons. The van der Waals surface area contributed by atoms with Gasteiger partial charge in [-0.25, -0.2) is 9.67 Å². The lowest BCUT2D eigenvalue weighted by Crippen LogP contribution is -2.31. The van der Waals surface area contributed by atoms with Crippen molar-refractivity contribution in [1.29, 1.82) is 0 Å². The number of anilines is 1. The summed E-state index contributed by atoms with van der Waals surface area (Å²) in [5, 5.41) is 15.1. The molecule has 9 nitrogen and oxygen atoms in total. The maximum atomic E-state index is 12.1. The molecule has 0 unspecified atom stereocenters. The number of fused-ring (bicyclic) bond motifs is 1. The molecule has 0 bridgehead atoms. The zero-order chi connectivity index (χ0) is 18.4. The van der Waals surface area contributed by atoms with E-state index in [1.807, 2.05) is 12.1 Å². The van der Waals surface area contributed by atoms with Crippen molar-refractivity contribution in [3.63, 3.8) is 0 Å². The van der Waals surface area contributed by atoms with E-state index in [2.05, 4.69) is 42.8 Å². The van der Waals surface area contributed by atoms with Crippen LogP contribution in [-0.2, 0) is 6.54 Å². The Bertz CT molecular complexity index is 940. The van der Waals surface area contributed by atoms with Crippen LogP contribution in [0.1, 0.15) is 13.3 Å². The van der Waals surface area contributed by atoms with Gasteiger partial charge in [0.25, 0.3) is 5.56 Å². The van der Waals surface area contributed by atoms with Crippen molar-refractivity contribution in [3.8, 4) is 0 Å². The minimum atomic E-state index is -0.276. The van der Waals surface area contributed by atoms with Crippen molar-refractivity contribution >= 4 is 45.9 Å². The number of aromatic nitrogens is 6. The molecule has 0 spiro atoms. The van der Waals surface area contributed by atoms with E-state index in [1.54, 1.807) is 17.1 Å². The van der Waals surface area contributed by atoms with Crippen LogP contribution >= 0.6 is 24.0 Å². The smallest absolute Gasteiger partial charge is 0.281 e. The van der Waals surface area contributed by atoms with Crippen LogP contribution in [0.3, 0.4) is 0 Å². The first-order valence-electron chi connectivity index (χ1n) is 8.08. The summed E-state index contributed by atoms with van der Waals surface area (Å²) in [5.74, 6) is 0.881. The van der Waals surface area contributed by atoms with Gasteiger partial charge in [0.05, 0.1) is 18.4 Å². The van der Waals surface area contributed by atoms with E-state index in [0.29, 0.717) is 29.0 Å². The summed E-state index contributed by atoms with van der Waals surface area (Å²) >= 11 is 6.75. The Kier molecular flexibility index (Phi) is 6.12. The number of thioether (sulfide) groups is 1. The predicted octanol–water partition coefficient (Wildman–Crippen LogP) is 1.40. The third-order valence-electron chi connectivity index (χ3n) is 3.32. The van der Waals surface area contributed by atoms with E-state index in [4.69, 9.17) is 12.2 Å². The largest absolute Gasteiger partial charge is 0.361 e. The highest BCUT2D eigenvalue weighted by Crippen LogP contribution is 2.14. The normalized spacial score (nSPS) is 10.8. The molecule has 0 aromatic carbocycles. The topological polar surface area (TPSA) is 113 Å². The van der Waals surface area contributed by atoms with Crippen LogP contribution in [0.5, 0.6) is 0 Å². The molecule has 0 amide bonds. The third-order valence-corrected chi connectivity index (χ3v) is 4.65. The van der Waals surface area contributed by atoms with Crippen LogP contribution in [0, 0.1) is 0 Å². The van der Waals surface area contributed by atoms with Crippen LogP contribution in [-0.4, -0.2) is 47.4 Å². The first-order chi connectivity index (χ1) is 12.7. The highest BCUT2D eigenvalue weighted by atomic mass is 32.2. The van der Waals surface area contributed by atoms with Crippen LogP contribution in [0.25, 0.3) is 11.2 Å². The van der Waals surface area contributed by atoms with E-state index in [9.17, 15) is 4.79 Å². The van der Waals surface area contributed by atoms with Gasteiger partial charge < -0.3 is 10.6 Å². The third kappa shape index (κ3) is 4.55. The van der Waals surface area contributed by atoms with Gasteiger partial charge in [0.1, 0.15) is 0 Å². The minimum Gasteiger partial charge on any atom is -0.361 e. The number of H-pyrrole nitrogens is 1. The Morgan fingerprint density at radius 2 is 2.35 bits per heavy atom. The van der Waals surface area contributed by atoms with E-state index < -0.39 is 0 Å². The highest BCUT2D eigenvalue weighted by Gasteiger charge is 2.12. The lowest BCUT2D eigenvalue weighted by atomic mass is 10.4. The van der Waals surface area contributed by atoms with Crippen molar-refractivity contribution in [2.24, 2.45) is 0 Å². The number of nitrogens with one attached hydrogen (secondary N) is 3. The molecular formula is C15H18N8OS2. The van der Waals surface area contributed by atoms with Gasteiger partial charge in [0.2, 0.25) is 0 Å². The van der Waals surface area contributed by atoms with Gasteiger partial charge in [-0.1, -0.05) is 23.9 Å². The fraction of sp³-hybridized carbons (Fsp3) is 0.333. The molecule has 0 atom stereocenters. The molecule has 3 aromatic rings. The van der Waals surface area contributed by atoms with Gasteiger partial charge in [-0.15, -0.1) is 5.10 Å². The van der Waals surface area contributed by atoms with Crippen molar-refractivity contribution in [2.75, 3.05) is 17.6 Å². The van der Waals surface area contributed by atoms with E-state index in [-0.39, 0.29) is 11.1 Å². The minimum absolute atomic E-state index is 0.238. The fourth-order valence-electron chi connectivity index (χ4n) is 2.15. The molecular weight excluding hydrogens is 372 g/mol. The van der Waals surface area contributed by atoms with Crippen molar-refractivity contribution in [3.05, 3.63) is 34.9 Å². The van der Waals surface area contributed by atoms with Gasteiger partial charge in [-0.2, -0.15) is 0 Å². The summed E-state index contributed by atoms with van der Waals surface area (Å²) in [7, 11) is 0. The Morgan fingerprint density at radius 1 is 1.46 bits per heavy atom. The van der Waals surface area contributed by atoms with E-state index in [0.717, 1.165) is 17.9 Å². The number of hydrogen-bond donors (Lipinski definition) is 3. The average Bonchev–Trinajstić information content (AvgIpc) is 3.04. The number of rotatable bonds is 7. The monoisotopic (exact) mass is 390 g/mol. The molecule has 3 heterocycles. The molecule has 3 aromatic heterocycles. The van der Waals surface area contributed by atoms with Crippen LogP contribution in [0.15, 0.2) is 34.5 Å². The summed E-state index contributed by atoms with van der Waals surface area (Å²) in [6, 6.07) is 3.70. The average molecular weight is 390 g/mol. The van der Waals surface area contributed by atoms with Crippen molar-refractivity contribution in [2.45, 2.75) is 25.0 Å². The molecule has 0 fully saturated rings. The van der Waals surface area contributed by atoms with Crippen LogP contribution in [0.4, 0.5) is 5.69 Å². The van der Waals surface area contributed by atoms with Gasteiger partial charge in [0.15, 0.2) is 21.4 Å². The zero-order valence-corrected chi connectivity index (χ0v) is 15.7. The Morgan fingerprint density at radius 3 is 3.12 bits per heavy atom. The molecule has 0 aliphatic carbocycles. The summed E-state index contributed by atoms with van der Waals surface area (Å²) in [4.78, 5) is 23.3. The number of aromatic amines is 1. The number of thiocarbonyl (C=S) groups is 1. The molecule has 0 aliphatic heterocycles. The summed E-state index contributed by atoms with van der Waals surface area (Å²) in [6.07, 6.45) is 4.37. The van der Waals surface area contributed by atoms with E-state index in [1.165, 1.54) is 11.8 Å². The lowest BCUT2D eigenvalue weighted by molar-refractivity contribution is 0.592. The first-order valence-corrected chi connectivity index (χ1v) is 9.48. The van der Waals surface area contributed by atoms with Gasteiger partial charge in [-0.3, -0.25) is 14.8 Å².